The molecule has 0 heterocycles. The van der Waals surface area contributed by atoms with Gasteiger partial charge in [-0.1, -0.05) is 12.1 Å². The lowest BCUT2D eigenvalue weighted by Crippen LogP contribution is -2.26. The Hall–Kier alpha value is -2.56. The molecule has 0 aromatic heterocycles. The Balaban J connectivity index is 2.39. The number of ether oxygens (including phenoxy) is 1. The number of anilines is 2. The molecule has 0 spiro atoms. The van der Waals surface area contributed by atoms with Crippen LogP contribution in [-0.2, 0) is 0 Å². The first-order valence-electron chi connectivity index (χ1n) is 6.00. The minimum atomic E-state index is -0.401. The maximum Gasteiger partial charge on any atom is 0.261 e. The van der Waals surface area contributed by atoms with E-state index >= 15 is 0 Å². The second-order valence-electron chi connectivity index (χ2n) is 4.27. The molecule has 0 saturated carbocycles. The average Bonchev–Trinajstić information content (AvgIpc) is 2.45. The number of para-hydroxylation sites is 1. The van der Waals surface area contributed by atoms with Gasteiger partial charge in [0.2, 0.25) is 0 Å². The van der Waals surface area contributed by atoms with Crippen LogP contribution in [0.15, 0.2) is 42.5 Å². The number of amides is 1. The standard InChI is InChI=1S/C15H15FN2O2/c1-18(11-6-3-5-10(16)9-11)15(19)12-7-4-8-13(17)14(12)20-2/h3-9H,17H2,1-2H3. The van der Waals surface area contributed by atoms with Gasteiger partial charge in [0, 0.05) is 12.7 Å². The van der Waals surface area contributed by atoms with E-state index in [0.717, 1.165) is 0 Å². The topological polar surface area (TPSA) is 55.6 Å². The molecule has 0 fully saturated rings. The minimum Gasteiger partial charge on any atom is -0.494 e. The lowest BCUT2D eigenvalue weighted by Gasteiger charge is -2.19. The van der Waals surface area contributed by atoms with Crippen molar-refractivity contribution in [1.82, 2.24) is 0 Å². The highest BCUT2D eigenvalue weighted by Crippen LogP contribution is 2.28. The Labute approximate surface area is 116 Å². The number of nitrogen functional groups attached to an aromatic ring is 1. The van der Waals surface area contributed by atoms with Crippen molar-refractivity contribution < 1.29 is 13.9 Å². The summed E-state index contributed by atoms with van der Waals surface area (Å²) in [5, 5.41) is 0. The molecule has 0 bridgehead atoms. The number of rotatable bonds is 3. The van der Waals surface area contributed by atoms with Crippen molar-refractivity contribution in [2.45, 2.75) is 0 Å². The molecule has 0 aliphatic rings. The summed E-state index contributed by atoms with van der Waals surface area (Å²) in [6.45, 7) is 0. The van der Waals surface area contributed by atoms with Crippen LogP contribution < -0.4 is 15.4 Å². The van der Waals surface area contributed by atoms with Crippen LogP contribution in [0.5, 0.6) is 5.75 Å². The molecule has 2 N–H and O–H groups in total. The first-order valence-corrected chi connectivity index (χ1v) is 6.00. The van der Waals surface area contributed by atoms with Gasteiger partial charge in [0.1, 0.15) is 5.82 Å². The average molecular weight is 274 g/mol. The Bertz CT molecular complexity index is 644. The highest BCUT2D eigenvalue weighted by Gasteiger charge is 2.19. The smallest absolute Gasteiger partial charge is 0.261 e. The SMILES string of the molecule is COc1c(N)cccc1C(=O)N(C)c1cccc(F)c1. The van der Waals surface area contributed by atoms with Crippen LogP contribution in [0.1, 0.15) is 10.4 Å². The van der Waals surface area contributed by atoms with Gasteiger partial charge in [-0.05, 0) is 30.3 Å². The summed E-state index contributed by atoms with van der Waals surface area (Å²) in [5.74, 6) is -0.401. The van der Waals surface area contributed by atoms with Gasteiger partial charge >= 0.3 is 0 Å². The molecular weight excluding hydrogens is 259 g/mol. The van der Waals surface area contributed by atoms with Crippen molar-refractivity contribution in [3.8, 4) is 5.75 Å². The van der Waals surface area contributed by atoms with E-state index < -0.39 is 5.82 Å². The first kappa shape index (κ1) is 13.9. The van der Waals surface area contributed by atoms with Gasteiger partial charge in [0.15, 0.2) is 5.75 Å². The van der Waals surface area contributed by atoms with Gasteiger partial charge < -0.3 is 15.4 Å². The molecule has 0 atom stereocenters. The molecule has 4 nitrogen and oxygen atoms in total. The lowest BCUT2D eigenvalue weighted by molar-refractivity contribution is 0.0990. The van der Waals surface area contributed by atoms with Gasteiger partial charge in [0.05, 0.1) is 18.4 Å². The van der Waals surface area contributed by atoms with E-state index in [1.807, 2.05) is 0 Å². The number of carbonyl (C=O) groups excluding carboxylic acids is 1. The van der Waals surface area contributed by atoms with Crippen LogP contribution >= 0.6 is 0 Å². The molecule has 2 rings (SSSR count). The molecule has 0 saturated heterocycles. The van der Waals surface area contributed by atoms with Crippen molar-refractivity contribution in [1.29, 1.82) is 0 Å². The van der Waals surface area contributed by atoms with Crippen molar-refractivity contribution in [3.05, 3.63) is 53.8 Å². The van der Waals surface area contributed by atoms with E-state index in [4.69, 9.17) is 10.5 Å². The van der Waals surface area contributed by atoms with E-state index in [2.05, 4.69) is 0 Å². The largest absolute Gasteiger partial charge is 0.494 e. The summed E-state index contributed by atoms with van der Waals surface area (Å²) < 4.78 is 18.4. The third-order valence-corrected chi connectivity index (χ3v) is 2.98. The normalized spacial score (nSPS) is 10.2. The van der Waals surface area contributed by atoms with Crippen LogP contribution in [-0.4, -0.2) is 20.1 Å². The second kappa shape index (κ2) is 5.61. The number of halogens is 1. The van der Waals surface area contributed by atoms with E-state index in [9.17, 15) is 9.18 Å². The Morgan fingerprint density at radius 1 is 1.25 bits per heavy atom. The number of nitrogens with zero attached hydrogens (tertiary/aromatic N) is 1. The predicted octanol–water partition coefficient (Wildman–Crippen LogP) is 2.69. The summed E-state index contributed by atoms with van der Waals surface area (Å²) in [6, 6.07) is 10.7. The minimum absolute atomic E-state index is 0.320. The van der Waals surface area contributed by atoms with Crippen LogP contribution in [0.4, 0.5) is 15.8 Å². The molecule has 0 radical (unpaired) electrons. The zero-order valence-electron chi connectivity index (χ0n) is 11.3. The summed E-state index contributed by atoms with van der Waals surface area (Å²) in [5.41, 5.74) is 6.95. The maximum absolute atomic E-state index is 13.2. The molecule has 0 aliphatic heterocycles. The number of nitrogens with two attached hydrogens (primary N) is 1. The highest BCUT2D eigenvalue weighted by molar-refractivity contribution is 6.08. The van der Waals surface area contributed by atoms with Gasteiger partial charge in [0.25, 0.3) is 5.91 Å². The summed E-state index contributed by atoms with van der Waals surface area (Å²) in [7, 11) is 3.02. The molecule has 1 amide bonds. The summed E-state index contributed by atoms with van der Waals surface area (Å²) in [6.07, 6.45) is 0. The van der Waals surface area contributed by atoms with Gasteiger partial charge in [-0.15, -0.1) is 0 Å². The Morgan fingerprint density at radius 2 is 1.95 bits per heavy atom. The molecule has 2 aromatic carbocycles. The number of hydrogen-bond donors (Lipinski definition) is 1. The highest BCUT2D eigenvalue weighted by atomic mass is 19.1. The zero-order valence-corrected chi connectivity index (χ0v) is 11.3. The molecule has 2 aromatic rings. The molecule has 104 valence electrons. The maximum atomic E-state index is 13.2. The van der Waals surface area contributed by atoms with Crippen molar-refractivity contribution in [2.75, 3.05) is 24.8 Å². The fourth-order valence-electron chi connectivity index (χ4n) is 1.93. The monoisotopic (exact) mass is 274 g/mol. The van der Waals surface area contributed by atoms with E-state index in [-0.39, 0.29) is 5.91 Å². The number of benzene rings is 2. The Kier molecular flexibility index (Phi) is 3.89. The second-order valence-corrected chi connectivity index (χ2v) is 4.27. The fourth-order valence-corrected chi connectivity index (χ4v) is 1.93. The van der Waals surface area contributed by atoms with Gasteiger partial charge in [-0.3, -0.25) is 4.79 Å². The van der Waals surface area contributed by atoms with E-state index in [1.165, 1.54) is 24.1 Å². The van der Waals surface area contributed by atoms with E-state index in [1.54, 1.807) is 37.4 Å². The third-order valence-electron chi connectivity index (χ3n) is 2.98. The van der Waals surface area contributed by atoms with Crippen molar-refractivity contribution in [2.24, 2.45) is 0 Å². The summed E-state index contributed by atoms with van der Waals surface area (Å²) >= 11 is 0. The first-order chi connectivity index (χ1) is 9.54. The quantitative estimate of drug-likeness (QED) is 0.875. The number of methoxy groups -OCH3 is 1. The summed E-state index contributed by atoms with van der Waals surface area (Å²) in [4.78, 5) is 13.8. The van der Waals surface area contributed by atoms with Gasteiger partial charge in [-0.2, -0.15) is 0 Å². The molecule has 0 aliphatic carbocycles. The van der Waals surface area contributed by atoms with Crippen LogP contribution in [0, 0.1) is 5.82 Å². The van der Waals surface area contributed by atoms with Gasteiger partial charge in [-0.25, -0.2) is 4.39 Å². The van der Waals surface area contributed by atoms with Crippen LogP contribution in [0.3, 0.4) is 0 Å². The predicted molar refractivity (Wildman–Crippen MR) is 76.5 cm³/mol. The molecular formula is C15H15FN2O2. The van der Waals surface area contributed by atoms with E-state index in [0.29, 0.717) is 22.7 Å². The fraction of sp³-hybridized carbons (Fsp3) is 0.133. The Morgan fingerprint density at radius 3 is 2.60 bits per heavy atom. The number of carbonyl (C=O) groups is 1. The zero-order chi connectivity index (χ0) is 14.7. The van der Waals surface area contributed by atoms with Crippen molar-refractivity contribution in [3.63, 3.8) is 0 Å². The van der Waals surface area contributed by atoms with Crippen LogP contribution in [0.25, 0.3) is 0 Å². The third kappa shape index (κ3) is 2.56. The number of hydrogen-bond acceptors (Lipinski definition) is 3. The molecule has 0 unspecified atom stereocenters. The lowest BCUT2D eigenvalue weighted by atomic mass is 10.1. The van der Waals surface area contributed by atoms with Crippen molar-refractivity contribution >= 4 is 17.3 Å². The molecule has 20 heavy (non-hydrogen) atoms. The van der Waals surface area contributed by atoms with Crippen LogP contribution in [0.2, 0.25) is 0 Å². The molecule has 5 heteroatoms.